The Hall–Kier alpha value is -4.18. The number of carbonyl (C=O) groups is 3. The van der Waals surface area contributed by atoms with Gasteiger partial charge in [-0.05, 0) is 55.5 Å². The quantitative estimate of drug-likeness (QED) is 0.260. The normalized spacial score (nSPS) is 11.3. The molecule has 0 spiro atoms. The van der Waals surface area contributed by atoms with Crippen LogP contribution in [0, 0.1) is 10.1 Å². The van der Waals surface area contributed by atoms with Gasteiger partial charge < -0.3 is 16.4 Å². The van der Waals surface area contributed by atoms with Crippen molar-refractivity contribution < 1.29 is 19.3 Å². The summed E-state index contributed by atoms with van der Waals surface area (Å²) in [7, 11) is 0. The van der Waals surface area contributed by atoms with Gasteiger partial charge in [0, 0.05) is 28.3 Å². The lowest BCUT2D eigenvalue weighted by atomic mass is 10.1. The number of nitro benzene ring substituents is 1. The molecule has 33 heavy (non-hydrogen) atoms. The highest BCUT2D eigenvalue weighted by molar-refractivity contribution is 8.00. The first-order valence-corrected chi connectivity index (χ1v) is 10.6. The summed E-state index contributed by atoms with van der Waals surface area (Å²) in [4.78, 5) is 47.4. The Morgan fingerprint density at radius 2 is 1.58 bits per heavy atom. The number of amides is 3. The fourth-order valence-corrected chi connectivity index (χ4v) is 3.72. The number of carbonyl (C=O) groups excluding carboxylic acids is 3. The zero-order valence-corrected chi connectivity index (χ0v) is 18.3. The Kier molecular flexibility index (Phi) is 7.42. The fourth-order valence-electron chi connectivity index (χ4n) is 2.85. The van der Waals surface area contributed by atoms with Crippen molar-refractivity contribution in [3.8, 4) is 0 Å². The van der Waals surface area contributed by atoms with Crippen molar-refractivity contribution in [2.75, 3.05) is 10.6 Å². The summed E-state index contributed by atoms with van der Waals surface area (Å²) in [5, 5.41) is 15.7. The molecule has 0 aromatic heterocycles. The number of para-hydroxylation sites is 1. The Bertz CT molecular complexity index is 1200. The van der Waals surface area contributed by atoms with E-state index in [1.807, 2.05) is 0 Å². The zero-order chi connectivity index (χ0) is 24.0. The predicted molar refractivity (Wildman–Crippen MR) is 126 cm³/mol. The number of nitrogens with two attached hydrogens (primary N) is 1. The van der Waals surface area contributed by atoms with Crippen LogP contribution in [-0.4, -0.2) is 27.9 Å². The van der Waals surface area contributed by atoms with Gasteiger partial charge in [-0.3, -0.25) is 24.5 Å². The van der Waals surface area contributed by atoms with Gasteiger partial charge in [-0.25, -0.2) is 0 Å². The highest BCUT2D eigenvalue weighted by atomic mass is 32.2. The minimum Gasteiger partial charge on any atom is -0.366 e. The lowest BCUT2D eigenvalue weighted by molar-refractivity contribution is -0.384. The average molecular weight is 465 g/mol. The lowest BCUT2D eigenvalue weighted by Gasteiger charge is -2.14. The van der Waals surface area contributed by atoms with Crippen LogP contribution < -0.4 is 16.4 Å². The van der Waals surface area contributed by atoms with Gasteiger partial charge in [-0.1, -0.05) is 12.1 Å². The molecule has 0 radical (unpaired) electrons. The maximum absolute atomic E-state index is 12.5. The molecule has 4 N–H and O–H groups in total. The number of anilines is 2. The second-order valence-electron chi connectivity index (χ2n) is 6.94. The van der Waals surface area contributed by atoms with E-state index in [0.29, 0.717) is 16.9 Å². The number of hydrogen-bond donors (Lipinski definition) is 3. The number of nitro groups is 1. The monoisotopic (exact) mass is 464 g/mol. The number of nitrogens with zero attached hydrogens (tertiary/aromatic N) is 1. The van der Waals surface area contributed by atoms with Gasteiger partial charge in [-0.15, -0.1) is 11.8 Å². The Labute approximate surface area is 193 Å². The number of non-ortho nitro benzene ring substituents is 1. The standard InChI is InChI=1S/C23H20N4O5S/c1-14(22(29)26-20-5-3-2-4-19(20)21(24)28)33-18-12-8-16(9-13-18)25-23(30)15-6-10-17(11-7-15)27(31)32/h2-14H,1H3,(H2,24,28)(H,25,30)(H,26,29). The third kappa shape index (κ3) is 6.17. The highest BCUT2D eigenvalue weighted by Gasteiger charge is 2.17. The summed E-state index contributed by atoms with van der Waals surface area (Å²) in [6, 6.07) is 18.7. The van der Waals surface area contributed by atoms with E-state index in [9.17, 15) is 24.5 Å². The van der Waals surface area contributed by atoms with E-state index in [2.05, 4.69) is 10.6 Å². The van der Waals surface area contributed by atoms with E-state index in [4.69, 9.17) is 5.73 Å². The van der Waals surface area contributed by atoms with Crippen LogP contribution in [0.4, 0.5) is 17.1 Å². The molecule has 0 saturated carbocycles. The van der Waals surface area contributed by atoms with Crippen LogP contribution in [0.5, 0.6) is 0 Å². The summed E-state index contributed by atoms with van der Waals surface area (Å²) in [5.41, 5.74) is 6.66. The van der Waals surface area contributed by atoms with Gasteiger partial charge in [0.2, 0.25) is 5.91 Å². The highest BCUT2D eigenvalue weighted by Crippen LogP contribution is 2.26. The molecule has 3 aromatic rings. The maximum atomic E-state index is 12.5. The number of rotatable bonds is 8. The summed E-state index contributed by atoms with van der Waals surface area (Å²) < 4.78 is 0. The molecule has 9 nitrogen and oxygen atoms in total. The number of primary amides is 1. The molecule has 0 saturated heterocycles. The summed E-state index contributed by atoms with van der Waals surface area (Å²) >= 11 is 1.31. The van der Waals surface area contributed by atoms with Crippen LogP contribution >= 0.6 is 11.8 Å². The lowest BCUT2D eigenvalue weighted by Crippen LogP contribution is -2.24. The van der Waals surface area contributed by atoms with Gasteiger partial charge in [0.1, 0.15) is 0 Å². The van der Waals surface area contributed by atoms with E-state index in [0.717, 1.165) is 4.90 Å². The summed E-state index contributed by atoms with van der Waals surface area (Å²) in [6.45, 7) is 1.73. The third-order valence-electron chi connectivity index (χ3n) is 4.58. The Morgan fingerprint density at radius 1 is 0.939 bits per heavy atom. The van der Waals surface area contributed by atoms with Gasteiger partial charge in [0.05, 0.1) is 21.4 Å². The second-order valence-corrected chi connectivity index (χ2v) is 8.36. The number of nitrogens with one attached hydrogen (secondary N) is 2. The molecule has 3 aromatic carbocycles. The van der Waals surface area contributed by atoms with Crippen LogP contribution in [0.25, 0.3) is 0 Å². The number of hydrogen-bond acceptors (Lipinski definition) is 6. The van der Waals surface area contributed by atoms with Crippen molar-refractivity contribution >= 4 is 46.5 Å². The smallest absolute Gasteiger partial charge is 0.269 e. The molecule has 10 heteroatoms. The first-order chi connectivity index (χ1) is 15.7. The Balaban J connectivity index is 1.58. The molecule has 0 fully saturated rings. The molecule has 1 unspecified atom stereocenters. The Morgan fingerprint density at radius 3 is 2.18 bits per heavy atom. The molecule has 3 rings (SSSR count). The largest absolute Gasteiger partial charge is 0.366 e. The topological polar surface area (TPSA) is 144 Å². The van der Waals surface area contributed by atoms with Gasteiger partial charge in [0.15, 0.2) is 0 Å². The van der Waals surface area contributed by atoms with Gasteiger partial charge >= 0.3 is 0 Å². The van der Waals surface area contributed by atoms with Crippen molar-refractivity contribution in [3.63, 3.8) is 0 Å². The summed E-state index contributed by atoms with van der Waals surface area (Å²) in [6.07, 6.45) is 0. The molecular weight excluding hydrogens is 444 g/mol. The van der Waals surface area contributed by atoms with Crippen molar-refractivity contribution in [1.29, 1.82) is 0 Å². The van der Waals surface area contributed by atoms with Crippen molar-refractivity contribution in [2.24, 2.45) is 5.73 Å². The number of thioether (sulfide) groups is 1. The molecule has 168 valence electrons. The maximum Gasteiger partial charge on any atom is 0.269 e. The fraction of sp³-hybridized carbons (Fsp3) is 0.0870. The van der Waals surface area contributed by atoms with Crippen LogP contribution in [0.1, 0.15) is 27.6 Å². The van der Waals surface area contributed by atoms with E-state index < -0.39 is 22.0 Å². The average Bonchev–Trinajstić information content (AvgIpc) is 2.80. The molecule has 3 amide bonds. The molecule has 1 atom stereocenters. The minimum atomic E-state index is -0.627. The van der Waals surface area contributed by atoms with E-state index >= 15 is 0 Å². The van der Waals surface area contributed by atoms with Crippen LogP contribution in [0.3, 0.4) is 0 Å². The molecular formula is C23H20N4O5S. The second kappa shape index (κ2) is 10.4. The van der Waals surface area contributed by atoms with Crippen molar-refractivity contribution in [2.45, 2.75) is 17.1 Å². The molecule has 0 heterocycles. The first kappa shape index (κ1) is 23.5. The van der Waals surface area contributed by atoms with Crippen LogP contribution in [0.2, 0.25) is 0 Å². The van der Waals surface area contributed by atoms with Gasteiger partial charge in [-0.2, -0.15) is 0 Å². The summed E-state index contributed by atoms with van der Waals surface area (Å²) in [5.74, 6) is -1.31. The van der Waals surface area contributed by atoms with E-state index in [1.165, 1.54) is 36.0 Å². The van der Waals surface area contributed by atoms with Crippen LogP contribution in [-0.2, 0) is 4.79 Å². The molecule has 0 aliphatic carbocycles. The molecule has 0 aliphatic rings. The molecule has 0 bridgehead atoms. The zero-order valence-electron chi connectivity index (χ0n) is 17.5. The van der Waals surface area contributed by atoms with Crippen LogP contribution in [0.15, 0.2) is 77.7 Å². The minimum absolute atomic E-state index is 0.0933. The van der Waals surface area contributed by atoms with E-state index in [-0.39, 0.29) is 17.2 Å². The SMILES string of the molecule is CC(Sc1ccc(NC(=O)c2ccc([N+](=O)[O-])cc2)cc1)C(=O)Nc1ccccc1C(N)=O. The van der Waals surface area contributed by atoms with E-state index in [1.54, 1.807) is 55.5 Å². The predicted octanol–water partition coefficient (Wildman–Crippen LogP) is 4.07. The van der Waals surface area contributed by atoms with Crippen molar-refractivity contribution in [3.05, 3.63) is 94.0 Å². The third-order valence-corrected chi connectivity index (χ3v) is 5.70. The van der Waals surface area contributed by atoms with Gasteiger partial charge in [0.25, 0.3) is 17.5 Å². The number of benzene rings is 3. The van der Waals surface area contributed by atoms with Crippen molar-refractivity contribution in [1.82, 2.24) is 0 Å². The first-order valence-electron chi connectivity index (χ1n) is 9.77. The molecule has 0 aliphatic heterocycles.